The van der Waals surface area contributed by atoms with Gasteiger partial charge in [-0.1, -0.05) is 29.9 Å². The number of benzene rings is 1. The molecule has 1 aromatic carbocycles. The summed E-state index contributed by atoms with van der Waals surface area (Å²) in [6.07, 6.45) is 0.706. The first kappa shape index (κ1) is 15.2. The number of hydrogen-bond acceptors (Lipinski definition) is 6. The summed E-state index contributed by atoms with van der Waals surface area (Å²) in [6.45, 7) is 2.09. The number of hydrogen-bond donors (Lipinski definition) is 2. The molecule has 1 heterocycles. The third-order valence-corrected chi connectivity index (χ3v) is 5.36. The summed E-state index contributed by atoms with van der Waals surface area (Å²) in [5.41, 5.74) is 6.09. The third-order valence-electron chi connectivity index (χ3n) is 2.54. The Balaban J connectivity index is 2.30. The summed E-state index contributed by atoms with van der Waals surface area (Å²) in [5.74, 6) is 0. The number of nitrogens with zero attached hydrogens (tertiary/aromatic N) is 2. The molecule has 0 saturated heterocycles. The van der Waals surface area contributed by atoms with E-state index in [1.54, 1.807) is 0 Å². The lowest BCUT2D eigenvalue weighted by Gasteiger charge is -2.07. The number of nitrogens with two attached hydrogens (primary N) is 1. The van der Waals surface area contributed by atoms with Crippen LogP contribution in [0.15, 0.2) is 23.1 Å². The number of aryl methyl sites for hydroxylation is 1. The first-order chi connectivity index (χ1) is 9.46. The molecule has 0 unspecified atom stereocenters. The topological polar surface area (TPSA) is 98.0 Å². The lowest BCUT2D eigenvalue weighted by Crippen LogP contribution is -2.13. The predicted molar refractivity (Wildman–Crippen MR) is 79.4 cm³/mol. The summed E-state index contributed by atoms with van der Waals surface area (Å²) >= 11 is 7.12. The van der Waals surface area contributed by atoms with Crippen LogP contribution in [0.4, 0.5) is 5.13 Å². The Hall–Kier alpha value is -1.22. The van der Waals surface area contributed by atoms with E-state index in [4.69, 9.17) is 17.3 Å². The second-order valence-corrected chi connectivity index (χ2v) is 7.07. The highest BCUT2D eigenvalue weighted by atomic mass is 35.5. The van der Waals surface area contributed by atoms with E-state index in [0.717, 1.165) is 5.01 Å². The third kappa shape index (κ3) is 3.26. The van der Waals surface area contributed by atoms with Crippen molar-refractivity contribution < 1.29 is 8.42 Å². The van der Waals surface area contributed by atoms with Gasteiger partial charge in [-0.2, -0.15) is 0 Å². The summed E-state index contributed by atoms with van der Waals surface area (Å²) < 4.78 is 26.8. The van der Waals surface area contributed by atoms with E-state index < -0.39 is 10.0 Å². The highest BCUT2D eigenvalue weighted by molar-refractivity contribution is 7.93. The molecule has 0 saturated carbocycles. The molecule has 0 aliphatic heterocycles. The maximum absolute atomic E-state index is 12.2. The summed E-state index contributed by atoms with van der Waals surface area (Å²) in [6, 6.07) is 4.38. The lowest BCUT2D eigenvalue weighted by atomic mass is 10.2. The number of aromatic nitrogens is 2. The number of nitrogens with one attached hydrogen (secondary N) is 1. The van der Waals surface area contributed by atoms with Crippen LogP contribution in [0, 0.1) is 0 Å². The van der Waals surface area contributed by atoms with Gasteiger partial charge in [-0.15, -0.1) is 10.2 Å². The van der Waals surface area contributed by atoms with Gasteiger partial charge in [0.15, 0.2) is 0 Å². The van der Waals surface area contributed by atoms with E-state index in [1.165, 1.54) is 29.5 Å². The van der Waals surface area contributed by atoms with E-state index in [2.05, 4.69) is 14.9 Å². The molecule has 108 valence electrons. The molecule has 0 aliphatic carbocycles. The van der Waals surface area contributed by atoms with Gasteiger partial charge in [-0.3, -0.25) is 4.72 Å². The predicted octanol–water partition coefficient (Wildman–Crippen LogP) is 2.01. The van der Waals surface area contributed by atoms with Crippen molar-refractivity contribution in [3.63, 3.8) is 0 Å². The van der Waals surface area contributed by atoms with E-state index in [9.17, 15) is 8.42 Å². The van der Waals surface area contributed by atoms with Crippen molar-refractivity contribution in [2.75, 3.05) is 4.72 Å². The Morgan fingerprint density at radius 3 is 2.75 bits per heavy atom. The fourth-order valence-electron chi connectivity index (χ4n) is 1.49. The Kier molecular flexibility index (Phi) is 4.59. The van der Waals surface area contributed by atoms with Crippen LogP contribution in [0.1, 0.15) is 17.5 Å². The quantitative estimate of drug-likeness (QED) is 0.872. The molecule has 0 aliphatic rings. The van der Waals surface area contributed by atoms with Gasteiger partial charge in [-0.05, 0) is 30.2 Å². The average molecular weight is 333 g/mol. The molecular formula is C11H13ClN4O2S2. The molecule has 0 fully saturated rings. The minimum Gasteiger partial charge on any atom is -0.326 e. The standard InChI is InChI=1S/C11H13ClN4O2S2/c1-2-10-14-15-11(19-10)16-20(17,18)8-3-4-9(12)7(5-8)6-13/h3-5H,2,6,13H2,1H3,(H,15,16). The van der Waals surface area contributed by atoms with Gasteiger partial charge in [-0.25, -0.2) is 8.42 Å². The van der Waals surface area contributed by atoms with Gasteiger partial charge < -0.3 is 5.73 Å². The molecule has 2 rings (SSSR count). The van der Waals surface area contributed by atoms with Crippen molar-refractivity contribution in [3.8, 4) is 0 Å². The van der Waals surface area contributed by atoms with Crippen LogP contribution in [0.25, 0.3) is 0 Å². The van der Waals surface area contributed by atoms with Crippen molar-refractivity contribution in [1.82, 2.24) is 10.2 Å². The Morgan fingerprint density at radius 1 is 1.40 bits per heavy atom. The smallest absolute Gasteiger partial charge is 0.263 e. The molecule has 0 atom stereocenters. The van der Waals surface area contributed by atoms with E-state index in [0.29, 0.717) is 17.0 Å². The highest BCUT2D eigenvalue weighted by Gasteiger charge is 2.17. The zero-order chi connectivity index (χ0) is 14.8. The maximum atomic E-state index is 12.2. The van der Waals surface area contributed by atoms with Crippen LogP contribution >= 0.6 is 22.9 Å². The van der Waals surface area contributed by atoms with E-state index in [1.807, 2.05) is 6.92 Å². The fraction of sp³-hybridized carbons (Fsp3) is 0.273. The van der Waals surface area contributed by atoms with Gasteiger partial charge in [0.25, 0.3) is 10.0 Å². The monoisotopic (exact) mass is 332 g/mol. The lowest BCUT2D eigenvalue weighted by molar-refractivity contribution is 0.601. The molecular weight excluding hydrogens is 320 g/mol. The molecule has 2 aromatic rings. The molecule has 0 bridgehead atoms. The van der Waals surface area contributed by atoms with Crippen LogP contribution in [0.2, 0.25) is 5.02 Å². The first-order valence-electron chi connectivity index (χ1n) is 5.80. The Bertz CT molecular complexity index is 715. The number of rotatable bonds is 5. The van der Waals surface area contributed by atoms with Crippen molar-refractivity contribution >= 4 is 38.1 Å². The number of anilines is 1. The van der Waals surface area contributed by atoms with Crippen molar-refractivity contribution in [3.05, 3.63) is 33.8 Å². The van der Waals surface area contributed by atoms with Gasteiger partial charge >= 0.3 is 0 Å². The molecule has 0 amide bonds. The average Bonchev–Trinajstić information content (AvgIpc) is 2.86. The summed E-state index contributed by atoms with van der Waals surface area (Å²) in [7, 11) is -3.71. The van der Waals surface area contributed by atoms with Crippen molar-refractivity contribution in [1.29, 1.82) is 0 Å². The van der Waals surface area contributed by atoms with Crippen molar-refractivity contribution in [2.24, 2.45) is 5.73 Å². The van der Waals surface area contributed by atoms with E-state index in [-0.39, 0.29) is 16.6 Å². The first-order valence-corrected chi connectivity index (χ1v) is 8.47. The molecule has 0 spiro atoms. The highest BCUT2D eigenvalue weighted by Crippen LogP contribution is 2.23. The molecule has 3 N–H and O–H groups in total. The van der Waals surface area contributed by atoms with Crippen LogP contribution in [-0.2, 0) is 23.0 Å². The SMILES string of the molecule is CCc1nnc(NS(=O)(=O)c2ccc(Cl)c(CN)c2)s1. The van der Waals surface area contributed by atoms with Crippen molar-refractivity contribution in [2.45, 2.75) is 24.8 Å². The molecule has 0 radical (unpaired) electrons. The minimum absolute atomic E-state index is 0.0931. The second-order valence-electron chi connectivity index (χ2n) is 3.92. The van der Waals surface area contributed by atoms with Crippen LogP contribution in [-0.4, -0.2) is 18.6 Å². The Morgan fingerprint density at radius 2 is 2.15 bits per heavy atom. The normalized spacial score (nSPS) is 11.6. The van der Waals surface area contributed by atoms with Gasteiger partial charge in [0.05, 0.1) is 4.90 Å². The van der Waals surface area contributed by atoms with Crippen LogP contribution in [0.5, 0.6) is 0 Å². The number of sulfonamides is 1. The molecule has 6 nitrogen and oxygen atoms in total. The fourth-order valence-corrected chi connectivity index (χ4v) is 3.64. The maximum Gasteiger partial charge on any atom is 0.263 e. The molecule has 1 aromatic heterocycles. The van der Waals surface area contributed by atoms with Crippen LogP contribution < -0.4 is 10.5 Å². The van der Waals surface area contributed by atoms with Crippen LogP contribution in [0.3, 0.4) is 0 Å². The van der Waals surface area contributed by atoms with E-state index >= 15 is 0 Å². The minimum atomic E-state index is -3.71. The Labute approximate surface area is 126 Å². The van der Waals surface area contributed by atoms with Gasteiger partial charge in [0.2, 0.25) is 5.13 Å². The second kappa shape index (κ2) is 6.04. The summed E-state index contributed by atoms with van der Waals surface area (Å²) in [5, 5.41) is 9.09. The van der Waals surface area contributed by atoms with Gasteiger partial charge in [0.1, 0.15) is 5.01 Å². The zero-order valence-corrected chi connectivity index (χ0v) is 13.0. The largest absolute Gasteiger partial charge is 0.326 e. The summed E-state index contributed by atoms with van der Waals surface area (Å²) in [4.78, 5) is 0.0931. The number of halogens is 1. The zero-order valence-electron chi connectivity index (χ0n) is 10.6. The molecule has 20 heavy (non-hydrogen) atoms. The molecule has 9 heteroatoms. The van der Waals surface area contributed by atoms with Gasteiger partial charge in [0, 0.05) is 11.6 Å².